The summed E-state index contributed by atoms with van der Waals surface area (Å²) in [6.45, 7) is 4.47. The molecule has 0 atom stereocenters. The van der Waals surface area contributed by atoms with Crippen LogP contribution in [0.5, 0.6) is 11.5 Å². The fourth-order valence-corrected chi connectivity index (χ4v) is 5.47. The smallest absolute Gasteiger partial charge is 0.164 e. The first kappa shape index (κ1) is 24.0. The molecule has 2 heterocycles. The molecule has 0 unspecified atom stereocenters. The Balaban J connectivity index is 1.41. The molecule has 5 aromatic carbocycles. The number of aromatic nitrogens is 3. The van der Waals surface area contributed by atoms with Gasteiger partial charge in [0.05, 0.1) is 0 Å². The average Bonchev–Trinajstić information content (AvgIpc) is 3.02. The van der Waals surface area contributed by atoms with Gasteiger partial charge in [0, 0.05) is 33.2 Å². The maximum absolute atomic E-state index is 6.30. The zero-order valence-electron chi connectivity index (χ0n) is 22.4. The van der Waals surface area contributed by atoms with Crippen LogP contribution in [0.1, 0.15) is 25.0 Å². The van der Waals surface area contributed by atoms with Crippen LogP contribution >= 0.6 is 0 Å². The first-order chi connectivity index (χ1) is 19.6. The van der Waals surface area contributed by atoms with E-state index in [4.69, 9.17) is 19.7 Å². The number of nitrogens with zero attached hydrogens (tertiary/aromatic N) is 3. The lowest BCUT2D eigenvalue weighted by Gasteiger charge is -2.34. The summed E-state index contributed by atoms with van der Waals surface area (Å²) in [5.41, 5.74) is 7.06. The van der Waals surface area contributed by atoms with Gasteiger partial charge in [-0.2, -0.15) is 0 Å². The van der Waals surface area contributed by atoms with Crippen LogP contribution in [-0.2, 0) is 5.41 Å². The molecule has 0 saturated heterocycles. The Morgan fingerprint density at radius 2 is 1.00 bits per heavy atom. The summed E-state index contributed by atoms with van der Waals surface area (Å²) in [5.74, 6) is 3.67. The molecule has 0 bridgehead atoms. The fourth-order valence-electron chi connectivity index (χ4n) is 5.47. The van der Waals surface area contributed by atoms with E-state index >= 15 is 0 Å². The standard InChI is InChI=1S/C36H27N3O/c1-36(2)29-19-11-12-20-31(29)40-32-22-21-26(23-30(32)36)34-37-33(25-15-7-4-8-16-25)38-35(39-34)28-18-10-9-17-27(28)24-13-5-3-6-14-24/h3-23H,1-2H3. The van der Waals surface area contributed by atoms with E-state index in [1.807, 2.05) is 66.7 Å². The molecule has 0 saturated carbocycles. The second kappa shape index (κ2) is 9.58. The van der Waals surface area contributed by atoms with Crippen LogP contribution in [0.15, 0.2) is 127 Å². The molecule has 6 aromatic rings. The van der Waals surface area contributed by atoms with E-state index in [9.17, 15) is 0 Å². The van der Waals surface area contributed by atoms with E-state index in [-0.39, 0.29) is 5.41 Å². The van der Waals surface area contributed by atoms with Crippen LogP contribution in [0, 0.1) is 0 Å². The molecule has 1 aromatic heterocycles. The zero-order valence-corrected chi connectivity index (χ0v) is 22.4. The van der Waals surface area contributed by atoms with Gasteiger partial charge in [-0.15, -0.1) is 0 Å². The van der Waals surface area contributed by atoms with Crippen LogP contribution in [0.2, 0.25) is 0 Å². The number of benzene rings is 5. The molecule has 4 nitrogen and oxygen atoms in total. The minimum Gasteiger partial charge on any atom is -0.457 e. The summed E-state index contributed by atoms with van der Waals surface area (Å²) in [5, 5.41) is 0. The molecule has 0 spiro atoms. The summed E-state index contributed by atoms with van der Waals surface area (Å²) in [6.07, 6.45) is 0. The Hall–Kier alpha value is -5.09. The molecule has 1 aliphatic rings. The first-order valence-electron chi connectivity index (χ1n) is 13.5. The Morgan fingerprint density at radius 1 is 0.450 bits per heavy atom. The highest BCUT2D eigenvalue weighted by molar-refractivity contribution is 5.81. The third-order valence-corrected chi connectivity index (χ3v) is 7.61. The molecule has 7 rings (SSSR count). The molecule has 0 amide bonds. The largest absolute Gasteiger partial charge is 0.457 e. The number of hydrogen-bond donors (Lipinski definition) is 0. The molecule has 0 aliphatic carbocycles. The highest BCUT2D eigenvalue weighted by atomic mass is 16.5. The molecular weight excluding hydrogens is 490 g/mol. The van der Waals surface area contributed by atoms with Crippen molar-refractivity contribution < 1.29 is 4.74 Å². The Kier molecular flexibility index (Phi) is 5.75. The minimum absolute atomic E-state index is 0.238. The maximum Gasteiger partial charge on any atom is 0.164 e. The number of fused-ring (bicyclic) bond motifs is 2. The molecule has 192 valence electrons. The van der Waals surface area contributed by atoms with E-state index in [2.05, 4.69) is 74.5 Å². The van der Waals surface area contributed by atoms with Crippen molar-refractivity contribution >= 4 is 0 Å². The monoisotopic (exact) mass is 517 g/mol. The zero-order chi connectivity index (χ0) is 27.1. The van der Waals surface area contributed by atoms with Crippen molar-refractivity contribution in [3.8, 4) is 56.8 Å². The van der Waals surface area contributed by atoms with E-state index in [0.29, 0.717) is 17.5 Å². The molecule has 0 fully saturated rings. The van der Waals surface area contributed by atoms with Gasteiger partial charge in [-0.25, -0.2) is 15.0 Å². The van der Waals surface area contributed by atoms with Crippen molar-refractivity contribution in [3.05, 3.63) is 139 Å². The Labute approximate surface area is 234 Å². The van der Waals surface area contributed by atoms with Crippen molar-refractivity contribution in [2.45, 2.75) is 19.3 Å². The van der Waals surface area contributed by atoms with Crippen molar-refractivity contribution in [1.82, 2.24) is 15.0 Å². The molecule has 4 heteroatoms. The van der Waals surface area contributed by atoms with Crippen LogP contribution in [0.3, 0.4) is 0 Å². The van der Waals surface area contributed by atoms with Crippen LogP contribution < -0.4 is 4.74 Å². The highest BCUT2D eigenvalue weighted by Gasteiger charge is 2.34. The molecule has 0 N–H and O–H groups in total. The van der Waals surface area contributed by atoms with E-state index in [1.165, 1.54) is 0 Å². The van der Waals surface area contributed by atoms with E-state index < -0.39 is 0 Å². The lowest BCUT2D eigenvalue weighted by Crippen LogP contribution is -2.24. The van der Waals surface area contributed by atoms with Gasteiger partial charge in [-0.05, 0) is 35.4 Å². The van der Waals surface area contributed by atoms with Crippen molar-refractivity contribution in [2.75, 3.05) is 0 Å². The van der Waals surface area contributed by atoms with Gasteiger partial charge >= 0.3 is 0 Å². The predicted molar refractivity (Wildman–Crippen MR) is 160 cm³/mol. The SMILES string of the molecule is CC1(C)c2ccccc2Oc2ccc(-c3nc(-c4ccccc4)nc(-c4ccccc4-c4ccccc4)n3)cc21. The van der Waals surface area contributed by atoms with Gasteiger partial charge in [0.15, 0.2) is 17.5 Å². The second-order valence-corrected chi connectivity index (χ2v) is 10.5. The average molecular weight is 518 g/mol. The molecule has 0 radical (unpaired) electrons. The summed E-state index contributed by atoms with van der Waals surface area (Å²) >= 11 is 0. The Bertz CT molecular complexity index is 1850. The maximum atomic E-state index is 6.30. The number of hydrogen-bond acceptors (Lipinski definition) is 4. The van der Waals surface area contributed by atoms with Crippen molar-refractivity contribution in [2.24, 2.45) is 0 Å². The minimum atomic E-state index is -0.238. The highest BCUT2D eigenvalue weighted by Crippen LogP contribution is 2.48. The fraction of sp³-hybridized carbons (Fsp3) is 0.0833. The second-order valence-electron chi connectivity index (χ2n) is 10.5. The number of ether oxygens (including phenoxy) is 1. The van der Waals surface area contributed by atoms with Crippen molar-refractivity contribution in [3.63, 3.8) is 0 Å². The molecule has 1 aliphatic heterocycles. The van der Waals surface area contributed by atoms with Crippen LogP contribution in [-0.4, -0.2) is 15.0 Å². The Morgan fingerprint density at radius 3 is 1.75 bits per heavy atom. The van der Waals surface area contributed by atoms with Gasteiger partial charge in [0.2, 0.25) is 0 Å². The van der Waals surface area contributed by atoms with Gasteiger partial charge in [0.1, 0.15) is 11.5 Å². The molecular formula is C36H27N3O. The first-order valence-corrected chi connectivity index (χ1v) is 13.5. The van der Waals surface area contributed by atoms with Crippen LogP contribution in [0.25, 0.3) is 45.3 Å². The number of para-hydroxylation sites is 1. The van der Waals surface area contributed by atoms with Crippen molar-refractivity contribution in [1.29, 1.82) is 0 Å². The quantitative estimate of drug-likeness (QED) is 0.234. The summed E-state index contributed by atoms with van der Waals surface area (Å²) in [7, 11) is 0. The van der Waals surface area contributed by atoms with Gasteiger partial charge in [0.25, 0.3) is 0 Å². The normalized spacial score (nSPS) is 13.2. The van der Waals surface area contributed by atoms with Gasteiger partial charge < -0.3 is 4.74 Å². The summed E-state index contributed by atoms with van der Waals surface area (Å²) < 4.78 is 6.30. The number of rotatable bonds is 4. The lowest BCUT2D eigenvalue weighted by molar-refractivity contribution is 0.418. The summed E-state index contributed by atoms with van der Waals surface area (Å²) in [4.78, 5) is 15.0. The predicted octanol–water partition coefficient (Wildman–Crippen LogP) is 8.97. The third-order valence-electron chi connectivity index (χ3n) is 7.61. The van der Waals surface area contributed by atoms with E-state index in [0.717, 1.165) is 50.4 Å². The van der Waals surface area contributed by atoms with Gasteiger partial charge in [-0.1, -0.05) is 117 Å². The van der Waals surface area contributed by atoms with Crippen LogP contribution in [0.4, 0.5) is 0 Å². The van der Waals surface area contributed by atoms with Gasteiger partial charge in [-0.3, -0.25) is 0 Å². The topological polar surface area (TPSA) is 47.9 Å². The lowest BCUT2D eigenvalue weighted by atomic mass is 9.75. The van der Waals surface area contributed by atoms with E-state index in [1.54, 1.807) is 0 Å². The third kappa shape index (κ3) is 4.15. The summed E-state index contributed by atoms with van der Waals surface area (Å²) in [6, 6.07) is 43.2. The molecule has 40 heavy (non-hydrogen) atoms.